The Balaban J connectivity index is 4.70. The van der Waals surface area contributed by atoms with E-state index in [0.29, 0.717) is 6.42 Å². The van der Waals surface area contributed by atoms with Crippen molar-refractivity contribution < 1.29 is 4.79 Å². The van der Waals surface area contributed by atoms with Gasteiger partial charge in [-0.3, -0.25) is 4.79 Å². The van der Waals surface area contributed by atoms with Crippen LogP contribution < -0.4 is 11.1 Å². The number of carbonyl (C=O) groups excluding carboxylic acids is 1. The molecule has 1 amide bonds. The second-order valence-electron chi connectivity index (χ2n) is 6.77. The number of rotatable bonds is 6. The maximum absolute atomic E-state index is 12.3. The van der Waals surface area contributed by atoms with E-state index in [9.17, 15) is 4.79 Å². The number of amides is 1. The molecule has 0 atom stereocenters. The Morgan fingerprint density at radius 3 is 1.76 bits per heavy atom. The summed E-state index contributed by atoms with van der Waals surface area (Å²) in [6, 6.07) is 0. The van der Waals surface area contributed by atoms with Crippen LogP contribution in [0.2, 0.25) is 0 Å². The summed E-state index contributed by atoms with van der Waals surface area (Å²) in [5.74, 6) is 0.0993. The van der Waals surface area contributed by atoms with Crippen LogP contribution in [0.1, 0.15) is 67.7 Å². The molecule has 0 unspecified atom stereocenters. The minimum Gasteiger partial charge on any atom is -0.351 e. The summed E-state index contributed by atoms with van der Waals surface area (Å²) in [7, 11) is 0. The van der Waals surface area contributed by atoms with Gasteiger partial charge >= 0.3 is 0 Å². The van der Waals surface area contributed by atoms with Gasteiger partial charge in [-0.15, -0.1) is 0 Å². The molecule has 17 heavy (non-hydrogen) atoms. The summed E-state index contributed by atoms with van der Waals surface area (Å²) in [5.41, 5.74) is 5.15. The number of nitrogens with two attached hydrogens (primary N) is 1. The fourth-order valence-electron chi connectivity index (χ4n) is 2.09. The molecule has 0 spiro atoms. The SMILES string of the molecule is CCC(C)(CC)NC(=O)C(C)(C)CC(C)(C)N. The first-order chi connectivity index (χ1) is 7.46. The zero-order valence-corrected chi connectivity index (χ0v) is 12.6. The predicted molar refractivity (Wildman–Crippen MR) is 73.8 cm³/mol. The summed E-state index contributed by atoms with van der Waals surface area (Å²) in [6.07, 6.45) is 2.56. The van der Waals surface area contributed by atoms with Gasteiger partial charge in [0.25, 0.3) is 0 Å². The highest BCUT2D eigenvalue weighted by Crippen LogP contribution is 2.28. The van der Waals surface area contributed by atoms with E-state index in [1.165, 1.54) is 0 Å². The molecule has 3 nitrogen and oxygen atoms in total. The van der Waals surface area contributed by atoms with Crippen molar-refractivity contribution in [1.82, 2.24) is 5.32 Å². The van der Waals surface area contributed by atoms with Crippen molar-refractivity contribution in [3.63, 3.8) is 0 Å². The first kappa shape index (κ1) is 16.4. The molecule has 0 radical (unpaired) electrons. The van der Waals surface area contributed by atoms with E-state index in [2.05, 4.69) is 26.1 Å². The van der Waals surface area contributed by atoms with Crippen LogP contribution in [0.4, 0.5) is 0 Å². The van der Waals surface area contributed by atoms with Gasteiger partial charge in [0.15, 0.2) is 0 Å². The van der Waals surface area contributed by atoms with Gasteiger partial charge in [-0.05, 0) is 40.0 Å². The fraction of sp³-hybridized carbons (Fsp3) is 0.929. The molecule has 0 aliphatic heterocycles. The number of nitrogens with one attached hydrogen (secondary N) is 1. The fourth-order valence-corrected chi connectivity index (χ4v) is 2.09. The van der Waals surface area contributed by atoms with Gasteiger partial charge in [0, 0.05) is 16.5 Å². The van der Waals surface area contributed by atoms with Crippen molar-refractivity contribution in [2.75, 3.05) is 0 Å². The van der Waals surface area contributed by atoms with Crippen LogP contribution in [-0.4, -0.2) is 17.0 Å². The lowest BCUT2D eigenvalue weighted by molar-refractivity contribution is -0.132. The molecular formula is C14H30N2O. The summed E-state index contributed by atoms with van der Waals surface area (Å²) in [4.78, 5) is 12.3. The second kappa shape index (κ2) is 5.38. The Morgan fingerprint density at radius 2 is 1.47 bits per heavy atom. The maximum atomic E-state index is 12.3. The van der Waals surface area contributed by atoms with Gasteiger partial charge in [0.05, 0.1) is 0 Å². The maximum Gasteiger partial charge on any atom is 0.226 e. The van der Waals surface area contributed by atoms with Crippen molar-refractivity contribution in [2.45, 2.75) is 78.8 Å². The Bertz CT molecular complexity index is 260. The monoisotopic (exact) mass is 242 g/mol. The number of hydrogen-bond donors (Lipinski definition) is 2. The Kier molecular flexibility index (Phi) is 5.20. The van der Waals surface area contributed by atoms with Gasteiger partial charge < -0.3 is 11.1 Å². The molecule has 3 heteroatoms. The minimum atomic E-state index is -0.427. The Hall–Kier alpha value is -0.570. The van der Waals surface area contributed by atoms with Crippen LogP contribution in [0.25, 0.3) is 0 Å². The Labute approximate surface area is 107 Å². The molecule has 0 bridgehead atoms. The van der Waals surface area contributed by atoms with E-state index >= 15 is 0 Å². The van der Waals surface area contributed by atoms with E-state index < -0.39 is 5.41 Å². The average molecular weight is 242 g/mol. The average Bonchev–Trinajstić information content (AvgIpc) is 2.13. The molecule has 0 heterocycles. The van der Waals surface area contributed by atoms with Crippen LogP contribution in [-0.2, 0) is 4.79 Å². The van der Waals surface area contributed by atoms with Crippen LogP contribution >= 0.6 is 0 Å². The summed E-state index contributed by atoms with van der Waals surface area (Å²) in [5, 5.41) is 3.16. The molecule has 0 aromatic heterocycles. The molecule has 102 valence electrons. The normalized spacial score (nSPS) is 13.6. The van der Waals surface area contributed by atoms with E-state index in [1.807, 2.05) is 27.7 Å². The third-order valence-corrected chi connectivity index (χ3v) is 3.49. The Morgan fingerprint density at radius 1 is 1.06 bits per heavy atom. The lowest BCUT2D eigenvalue weighted by atomic mass is 9.79. The summed E-state index contributed by atoms with van der Waals surface area (Å²) < 4.78 is 0. The van der Waals surface area contributed by atoms with Gasteiger partial charge in [0.1, 0.15) is 0 Å². The molecule has 0 saturated carbocycles. The molecular weight excluding hydrogens is 212 g/mol. The van der Waals surface area contributed by atoms with Crippen molar-refractivity contribution in [3.8, 4) is 0 Å². The smallest absolute Gasteiger partial charge is 0.226 e. The number of hydrogen-bond acceptors (Lipinski definition) is 2. The molecule has 0 rings (SSSR count). The number of carbonyl (C=O) groups is 1. The minimum absolute atomic E-state index is 0.0993. The van der Waals surface area contributed by atoms with E-state index in [1.54, 1.807) is 0 Å². The van der Waals surface area contributed by atoms with Crippen LogP contribution in [0.5, 0.6) is 0 Å². The summed E-state index contributed by atoms with van der Waals surface area (Å²) >= 11 is 0. The lowest BCUT2D eigenvalue weighted by Gasteiger charge is -2.36. The summed E-state index contributed by atoms with van der Waals surface area (Å²) in [6.45, 7) is 14.1. The van der Waals surface area contributed by atoms with Crippen molar-refractivity contribution in [1.29, 1.82) is 0 Å². The highest BCUT2D eigenvalue weighted by molar-refractivity contribution is 5.82. The highest BCUT2D eigenvalue weighted by Gasteiger charge is 2.35. The van der Waals surface area contributed by atoms with Crippen LogP contribution in [0.3, 0.4) is 0 Å². The topological polar surface area (TPSA) is 55.1 Å². The second-order valence-corrected chi connectivity index (χ2v) is 6.77. The first-order valence-corrected chi connectivity index (χ1v) is 6.57. The van der Waals surface area contributed by atoms with Crippen molar-refractivity contribution in [3.05, 3.63) is 0 Å². The third-order valence-electron chi connectivity index (χ3n) is 3.49. The molecule has 0 aliphatic carbocycles. The van der Waals surface area contributed by atoms with E-state index in [0.717, 1.165) is 12.8 Å². The standard InChI is InChI=1S/C14H30N2O/c1-8-14(7,9-2)16-11(17)12(3,4)10-13(5,6)15/h8-10,15H2,1-7H3,(H,16,17). The molecule has 0 aliphatic rings. The zero-order valence-electron chi connectivity index (χ0n) is 12.6. The van der Waals surface area contributed by atoms with Crippen molar-refractivity contribution >= 4 is 5.91 Å². The van der Waals surface area contributed by atoms with Gasteiger partial charge in [-0.25, -0.2) is 0 Å². The largest absolute Gasteiger partial charge is 0.351 e. The van der Waals surface area contributed by atoms with Crippen LogP contribution in [0.15, 0.2) is 0 Å². The molecule has 0 aromatic rings. The molecule has 0 fully saturated rings. The molecule has 0 aromatic carbocycles. The molecule has 0 saturated heterocycles. The van der Waals surface area contributed by atoms with Gasteiger partial charge in [-0.2, -0.15) is 0 Å². The molecule has 3 N–H and O–H groups in total. The van der Waals surface area contributed by atoms with Crippen LogP contribution in [0, 0.1) is 5.41 Å². The zero-order chi connectivity index (χ0) is 13.9. The van der Waals surface area contributed by atoms with Gasteiger partial charge in [-0.1, -0.05) is 27.7 Å². The van der Waals surface area contributed by atoms with E-state index in [4.69, 9.17) is 5.73 Å². The quantitative estimate of drug-likeness (QED) is 0.752. The third kappa shape index (κ3) is 5.53. The highest BCUT2D eigenvalue weighted by atomic mass is 16.2. The van der Waals surface area contributed by atoms with Crippen molar-refractivity contribution in [2.24, 2.45) is 11.1 Å². The van der Waals surface area contributed by atoms with E-state index in [-0.39, 0.29) is 17.0 Å². The van der Waals surface area contributed by atoms with Gasteiger partial charge in [0.2, 0.25) is 5.91 Å². The first-order valence-electron chi connectivity index (χ1n) is 6.57. The predicted octanol–water partition coefficient (Wildman–Crippen LogP) is 2.83. The lowest BCUT2D eigenvalue weighted by Crippen LogP contribution is -2.52.